The van der Waals surface area contributed by atoms with Crippen LogP contribution in [0.4, 0.5) is 10.1 Å². The monoisotopic (exact) mass is 472 g/mol. The molecule has 0 bridgehead atoms. The Kier molecular flexibility index (Phi) is 8.02. The minimum atomic E-state index is -4.16. The summed E-state index contributed by atoms with van der Waals surface area (Å²) >= 11 is 0. The third-order valence-corrected chi connectivity index (χ3v) is 6.74. The molecule has 0 aliphatic rings. The first-order valence-corrected chi connectivity index (χ1v) is 11.7. The van der Waals surface area contributed by atoms with Crippen LogP contribution in [0.25, 0.3) is 0 Å². The van der Waals surface area contributed by atoms with E-state index in [1.165, 1.54) is 13.2 Å². The highest BCUT2D eigenvalue weighted by Crippen LogP contribution is 2.27. The van der Waals surface area contributed by atoms with Gasteiger partial charge >= 0.3 is 0 Å². The second-order valence-electron chi connectivity index (χ2n) is 7.07. The van der Waals surface area contributed by atoms with E-state index in [0.717, 1.165) is 22.0 Å². The van der Waals surface area contributed by atoms with Crippen LogP contribution in [0.2, 0.25) is 0 Å². The molecule has 33 heavy (non-hydrogen) atoms. The van der Waals surface area contributed by atoms with Crippen LogP contribution in [0, 0.1) is 5.82 Å². The highest BCUT2D eigenvalue weighted by Gasteiger charge is 2.29. The number of anilines is 1. The number of amides is 1. The molecule has 3 aromatic rings. The summed E-state index contributed by atoms with van der Waals surface area (Å²) in [5, 5.41) is 2.67. The zero-order valence-electron chi connectivity index (χ0n) is 18.3. The lowest BCUT2D eigenvalue weighted by Gasteiger charge is -2.21. The number of nitrogens with one attached hydrogen (secondary N) is 1. The molecule has 0 atom stereocenters. The number of methoxy groups -OCH3 is 1. The zero-order chi connectivity index (χ0) is 23.8. The van der Waals surface area contributed by atoms with Crippen molar-refractivity contribution in [3.05, 3.63) is 84.2 Å². The predicted molar refractivity (Wildman–Crippen MR) is 123 cm³/mol. The number of rotatable bonds is 10. The van der Waals surface area contributed by atoms with Gasteiger partial charge in [-0.2, -0.15) is 4.31 Å². The van der Waals surface area contributed by atoms with Crippen LogP contribution < -0.4 is 14.8 Å². The van der Waals surface area contributed by atoms with Gasteiger partial charge in [0.2, 0.25) is 15.9 Å². The lowest BCUT2D eigenvalue weighted by atomic mass is 10.2. The SMILES string of the molecule is CCN(CC(=O)Nc1ccc(OCc2ccccc2)cc1)S(=O)(=O)c1cc(F)ccc1OC. The summed E-state index contributed by atoms with van der Waals surface area (Å²) in [6, 6.07) is 19.7. The van der Waals surface area contributed by atoms with Gasteiger partial charge < -0.3 is 14.8 Å². The maximum absolute atomic E-state index is 13.7. The Morgan fingerprint density at radius 1 is 1.03 bits per heavy atom. The first kappa shape index (κ1) is 24.2. The van der Waals surface area contributed by atoms with Gasteiger partial charge in [0, 0.05) is 12.2 Å². The summed E-state index contributed by atoms with van der Waals surface area (Å²) in [6.45, 7) is 1.58. The molecule has 0 aliphatic carbocycles. The molecule has 9 heteroatoms. The van der Waals surface area contributed by atoms with Crippen molar-refractivity contribution in [2.24, 2.45) is 0 Å². The van der Waals surface area contributed by atoms with Crippen molar-refractivity contribution in [3.8, 4) is 11.5 Å². The molecule has 1 N–H and O–H groups in total. The number of ether oxygens (including phenoxy) is 2. The van der Waals surface area contributed by atoms with Crippen LogP contribution >= 0.6 is 0 Å². The summed E-state index contributed by atoms with van der Waals surface area (Å²) < 4.78 is 51.4. The first-order chi connectivity index (χ1) is 15.8. The number of nitrogens with zero attached hydrogens (tertiary/aromatic N) is 1. The van der Waals surface area contributed by atoms with E-state index in [0.29, 0.717) is 18.0 Å². The van der Waals surface area contributed by atoms with E-state index in [2.05, 4.69) is 5.32 Å². The molecule has 3 rings (SSSR count). The predicted octanol–water partition coefficient (Wildman–Crippen LogP) is 4.06. The van der Waals surface area contributed by atoms with Gasteiger partial charge in [-0.3, -0.25) is 4.79 Å². The Hall–Kier alpha value is -3.43. The van der Waals surface area contributed by atoms with Crippen LogP contribution in [0.5, 0.6) is 11.5 Å². The Bertz CT molecular complexity index is 1190. The van der Waals surface area contributed by atoms with Crippen molar-refractivity contribution >= 4 is 21.6 Å². The van der Waals surface area contributed by atoms with Crippen molar-refractivity contribution in [2.45, 2.75) is 18.4 Å². The van der Waals surface area contributed by atoms with Crippen molar-refractivity contribution in [2.75, 3.05) is 25.5 Å². The average molecular weight is 473 g/mol. The highest BCUT2D eigenvalue weighted by atomic mass is 32.2. The second-order valence-corrected chi connectivity index (χ2v) is 8.98. The fourth-order valence-electron chi connectivity index (χ4n) is 3.09. The van der Waals surface area contributed by atoms with Crippen LogP contribution in [0.3, 0.4) is 0 Å². The third kappa shape index (κ3) is 6.30. The topological polar surface area (TPSA) is 84.9 Å². The van der Waals surface area contributed by atoms with Gasteiger partial charge in [-0.25, -0.2) is 12.8 Å². The molecule has 0 radical (unpaired) electrons. The molecule has 0 spiro atoms. The van der Waals surface area contributed by atoms with E-state index in [-0.39, 0.29) is 17.2 Å². The fraction of sp³-hybridized carbons (Fsp3) is 0.208. The third-order valence-electron chi connectivity index (χ3n) is 4.80. The molecule has 0 unspecified atom stereocenters. The van der Waals surface area contributed by atoms with E-state index in [1.807, 2.05) is 30.3 Å². The van der Waals surface area contributed by atoms with Gasteiger partial charge in [-0.1, -0.05) is 37.3 Å². The lowest BCUT2D eigenvalue weighted by Crippen LogP contribution is -2.38. The molecule has 0 heterocycles. The van der Waals surface area contributed by atoms with Gasteiger partial charge in [0.05, 0.1) is 13.7 Å². The fourth-order valence-corrected chi connectivity index (χ4v) is 4.67. The van der Waals surface area contributed by atoms with Gasteiger partial charge in [0.25, 0.3) is 0 Å². The molecular weight excluding hydrogens is 447 g/mol. The Balaban J connectivity index is 1.63. The van der Waals surface area contributed by atoms with Crippen LogP contribution in [-0.2, 0) is 21.4 Å². The van der Waals surface area contributed by atoms with E-state index in [4.69, 9.17) is 9.47 Å². The molecule has 0 aliphatic heterocycles. The van der Waals surface area contributed by atoms with Crippen LogP contribution in [-0.4, -0.2) is 38.8 Å². The van der Waals surface area contributed by atoms with Crippen molar-refractivity contribution in [3.63, 3.8) is 0 Å². The molecule has 174 valence electrons. The first-order valence-electron chi connectivity index (χ1n) is 10.2. The minimum absolute atomic E-state index is 0.00125. The molecule has 0 saturated carbocycles. The van der Waals surface area contributed by atoms with Crippen molar-refractivity contribution < 1.29 is 27.1 Å². The number of hydrogen-bond donors (Lipinski definition) is 1. The molecule has 1 amide bonds. The number of carbonyl (C=O) groups is 1. The summed E-state index contributed by atoms with van der Waals surface area (Å²) in [5.41, 5.74) is 1.52. The van der Waals surface area contributed by atoms with E-state index in [9.17, 15) is 17.6 Å². The standard InChI is InChI=1S/C24H25FN2O5S/c1-3-27(33(29,30)23-15-19(25)9-14-22(23)31-2)16-24(28)26-20-10-12-21(13-11-20)32-17-18-7-5-4-6-8-18/h4-15H,3,16-17H2,1-2H3,(H,26,28). The maximum atomic E-state index is 13.7. The van der Waals surface area contributed by atoms with Crippen molar-refractivity contribution in [1.29, 1.82) is 0 Å². The highest BCUT2D eigenvalue weighted by molar-refractivity contribution is 7.89. The van der Waals surface area contributed by atoms with Gasteiger partial charge in [-0.15, -0.1) is 0 Å². The van der Waals surface area contributed by atoms with E-state index in [1.54, 1.807) is 31.2 Å². The number of likely N-dealkylation sites (N-methyl/N-ethyl adjacent to an activating group) is 1. The van der Waals surface area contributed by atoms with E-state index >= 15 is 0 Å². The van der Waals surface area contributed by atoms with E-state index < -0.39 is 28.3 Å². The Morgan fingerprint density at radius 2 is 1.73 bits per heavy atom. The molecule has 7 nitrogen and oxygen atoms in total. The second kappa shape index (κ2) is 10.9. The van der Waals surface area contributed by atoms with Crippen LogP contribution in [0.1, 0.15) is 12.5 Å². The number of halogens is 1. The number of sulfonamides is 1. The van der Waals surface area contributed by atoms with Crippen LogP contribution in [0.15, 0.2) is 77.7 Å². The smallest absolute Gasteiger partial charge is 0.247 e. The Labute approximate surface area is 192 Å². The summed E-state index contributed by atoms with van der Waals surface area (Å²) in [5.74, 6) is -0.618. The maximum Gasteiger partial charge on any atom is 0.247 e. The van der Waals surface area contributed by atoms with Crippen molar-refractivity contribution in [1.82, 2.24) is 4.31 Å². The lowest BCUT2D eigenvalue weighted by molar-refractivity contribution is -0.116. The molecule has 0 saturated heterocycles. The molecule has 0 fully saturated rings. The zero-order valence-corrected chi connectivity index (χ0v) is 19.1. The normalized spacial score (nSPS) is 11.3. The summed E-state index contributed by atoms with van der Waals surface area (Å²) in [6.07, 6.45) is 0. The van der Waals surface area contributed by atoms with Gasteiger partial charge in [0.15, 0.2) is 0 Å². The largest absolute Gasteiger partial charge is 0.495 e. The number of carbonyl (C=O) groups excluding carboxylic acids is 1. The van der Waals surface area contributed by atoms with Gasteiger partial charge in [-0.05, 0) is 48.0 Å². The molecular formula is C24H25FN2O5S. The quantitative estimate of drug-likeness (QED) is 0.481. The summed E-state index contributed by atoms with van der Waals surface area (Å²) in [4.78, 5) is 12.2. The number of benzene rings is 3. The minimum Gasteiger partial charge on any atom is -0.495 e. The van der Waals surface area contributed by atoms with Gasteiger partial charge in [0.1, 0.15) is 28.8 Å². The summed E-state index contributed by atoms with van der Waals surface area (Å²) in [7, 11) is -2.86. The molecule has 3 aromatic carbocycles. The average Bonchev–Trinajstić information content (AvgIpc) is 2.82. The Morgan fingerprint density at radius 3 is 2.36 bits per heavy atom. The number of hydrogen-bond acceptors (Lipinski definition) is 5. The molecule has 0 aromatic heterocycles.